The van der Waals surface area contributed by atoms with Gasteiger partial charge in [-0.3, -0.25) is 0 Å². The van der Waals surface area contributed by atoms with Crippen molar-refractivity contribution in [2.24, 2.45) is 0 Å². The minimum atomic E-state index is 0.766. The van der Waals surface area contributed by atoms with Crippen molar-refractivity contribution in [1.29, 1.82) is 5.26 Å². The maximum atomic E-state index is 8.63. The van der Waals surface area contributed by atoms with Gasteiger partial charge in [-0.25, -0.2) is 0 Å². The van der Waals surface area contributed by atoms with Crippen LogP contribution in [-0.2, 0) is 6.42 Å². The highest BCUT2D eigenvalue weighted by atomic mass is 14.2. The van der Waals surface area contributed by atoms with Crippen LogP contribution in [0.2, 0.25) is 0 Å². The quantitative estimate of drug-likeness (QED) is 0.641. The maximum absolute atomic E-state index is 8.63. The molecule has 70 valence electrons. The van der Waals surface area contributed by atoms with Gasteiger partial charge in [0.15, 0.2) is 0 Å². The molecule has 0 unspecified atom stereocenters. The van der Waals surface area contributed by atoms with E-state index in [-0.39, 0.29) is 0 Å². The number of rotatable bonds is 1. The zero-order valence-electron chi connectivity index (χ0n) is 8.89. The van der Waals surface area contributed by atoms with Gasteiger partial charge in [-0.1, -0.05) is 26.8 Å². The van der Waals surface area contributed by atoms with Gasteiger partial charge in [0.2, 0.25) is 0 Å². The Morgan fingerprint density at radius 1 is 1.23 bits per heavy atom. The second kappa shape index (κ2) is 6.25. The predicted octanol–water partition coefficient (Wildman–Crippen LogP) is 3.46. The van der Waals surface area contributed by atoms with Crippen molar-refractivity contribution in [1.82, 2.24) is 0 Å². The van der Waals surface area contributed by atoms with E-state index in [9.17, 15) is 0 Å². The first-order valence-corrected chi connectivity index (χ1v) is 4.77. The van der Waals surface area contributed by atoms with Crippen LogP contribution in [0.15, 0.2) is 18.2 Å². The van der Waals surface area contributed by atoms with Gasteiger partial charge in [0, 0.05) is 0 Å². The first kappa shape index (κ1) is 11.7. The lowest BCUT2D eigenvalue weighted by Gasteiger charge is -1.98. The van der Waals surface area contributed by atoms with E-state index < -0.39 is 0 Å². The van der Waals surface area contributed by atoms with Gasteiger partial charge in [0.1, 0.15) is 0 Å². The normalized spacial score (nSPS) is 8.23. The molecule has 0 saturated carbocycles. The molecule has 0 radical (unpaired) electrons. The fourth-order valence-electron chi connectivity index (χ4n) is 1.13. The molecule has 1 rings (SSSR count). The molecular formula is C12H17N. The molecule has 0 aliphatic carbocycles. The van der Waals surface area contributed by atoms with Crippen molar-refractivity contribution < 1.29 is 0 Å². The standard InChI is InChI=1S/C10H11N.C2H6/c1-3-9-4-8(2)5-10(6-9)7-11;1-2/h4-6H,3H2,1-2H3;1-2H3. The van der Waals surface area contributed by atoms with E-state index in [1.807, 2.05) is 32.9 Å². The van der Waals surface area contributed by atoms with Gasteiger partial charge in [-0.05, 0) is 36.6 Å². The molecule has 0 fully saturated rings. The van der Waals surface area contributed by atoms with E-state index in [0.717, 1.165) is 12.0 Å². The van der Waals surface area contributed by atoms with E-state index in [0.29, 0.717) is 0 Å². The van der Waals surface area contributed by atoms with E-state index in [4.69, 9.17) is 5.26 Å². The van der Waals surface area contributed by atoms with Gasteiger partial charge in [-0.15, -0.1) is 0 Å². The van der Waals surface area contributed by atoms with Crippen molar-refractivity contribution >= 4 is 0 Å². The largest absolute Gasteiger partial charge is 0.192 e. The highest BCUT2D eigenvalue weighted by Crippen LogP contribution is 2.08. The SMILES string of the molecule is CC.CCc1cc(C)cc(C#N)c1. The molecule has 13 heavy (non-hydrogen) atoms. The van der Waals surface area contributed by atoms with E-state index in [2.05, 4.69) is 19.1 Å². The first-order valence-electron chi connectivity index (χ1n) is 4.77. The summed E-state index contributed by atoms with van der Waals surface area (Å²) in [7, 11) is 0. The van der Waals surface area contributed by atoms with Crippen LogP contribution in [0, 0.1) is 18.3 Å². The molecule has 1 aromatic carbocycles. The van der Waals surface area contributed by atoms with Gasteiger partial charge < -0.3 is 0 Å². The average molecular weight is 175 g/mol. The number of benzene rings is 1. The second-order valence-corrected chi connectivity index (χ2v) is 2.67. The molecule has 1 aromatic rings. The first-order chi connectivity index (χ1) is 6.26. The molecule has 0 saturated heterocycles. The number of hydrogen-bond donors (Lipinski definition) is 0. The topological polar surface area (TPSA) is 23.8 Å². The van der Waals surface area contributed by atoms with Crippen LogP contribution < -0.4 is 0 Å². The molecule has 0 aliphatic rings. The Kier molecular flexibility index (Phi) is 5.63. The van der Waals surface area contributed by atoms with E-state index in [1.54, 1.807) is 0 Å². The van der Waals surface area contributed by atoms with Crippen LogP contribution in [0.25, 0.3) is 0 Å². The maximum Gasteiger partial charge on any atom is 0.0991 e. The third-order valence-electron chi connectivity index (χ3n) is 1.67. The number of hydrogen-bond acceptors (Lipinski definition) is 1. The van der Waals surface area contributed by atoms with Crippen molar-refractivity contribution in [2.45, 2.75) is 34.1 Å². The summed E-state index contributed by atoms with van der Waals surface area (Å²) in [5, 5.41) is 8.63. The highest BCUT2D eigenvalue weighted by molar-refractivity contribution is 5.36. The molecule has 0 atom stereocenters. The Bertz CT molecular complexity index is 294. The molecule has 0 amide bonds. The van der Waals surface area contributed by atoms with Gasteiger partial charge in [-0.2, -0.15) is 5.26 Å². The monoisotopic (exact) mass is 175 g/mol. The highest BCUT2D eigenvalue weighted by Gasteiger charge is 1.94. The lowest BCUT2D eigenvalue weighted by molar-refractivity contribution is 1.13. The lowest BCUT2D eigenvalue weighted by Crippen LogP contribution is -1.84. The molecule has 0 spiro atoms. The van der Waals surface area contributed by atoms with Crippen LogP contribution in [0.3, 0.4) is 0 Å². The average Bonchev–Trinajstić information content (AvgIpc) is 2.20. The molecular weight excluding hydrogens is 158 g/mol. The van der Waals surface area contributed by atoms with E-state index >= 15 is 0 Å². The molecule has 0 aliphatic heterocycles. The van der Waals surface area contributed by atoms with Gasteiger partial charge in [0.05, 0.1) is 11.6 Å². The summed E-state index contributed by atoms with van der Waals surface area (Å²) >= 11 is 0. The lowest BCUT2D eigenvalue weighted by atomic mass is 10.1. The van der Waals surface area contributed by atoms with Crippen molar-refractivity contribution in [2.75, 3.05) is 0 Å². The molecule has 0 N–H and O–H groups in total. The molecule has 0 heterocycles. The van der Waals surface area contributed by atoms with Crippen LogP contribution in [-0.4, -0.2) is 0 Å². The summed E-state index contributed by atoms with van der Waals surface area (Å²) in [6, 6.07) is 8.09. The number of nitriles is 1. The van der Waals surface area contributed by atoms with E-state index in [1.165, 1.54) is 11.1 Å². The third kappa shape index (κ3) is 3.75. The van der Waals surface area contributed by atoms with Crippen LogP contribution >= 0.6 is 0 Å². The molecule has 1 heteroatoms. The van der Waals surface area contributed by atoms with Gasteiger partial charge >= 0.3 is 0 Å². The van der Waals surface area contributed by atoms with Crippen molar-refractivity contribution in [3.8, 4) is 6.07 Å². The van der Waals surface area contributed by atoms with Crippen LogP contribution in [0.1, 0.15) is 37.5 Å². The minimum Gasteiger partial charge on any atom is -0.192 e. The Labute approximate surface area is 81.0 Å². The minimum absolute atomic E-state index is 0.766. The van der Waals surface area contributed by atoms with Crippen LogP contribution in [0.4, 0.5) is 0 Å². The Balaban J connectivity index is 0.000000671. The molecule has 0 aromatic heterocycles. The predicted molar refractivity (Wildman–Crippen MR) is 56.6 cm³/mol. The second-order valence-electron chi connectivity index (χ2n) is 2.67. The number of nitrogens with zero attached hydrogens (tertiary/aromatic N) is 1. The Morgan fingerprint density at radius 3 is 2.31 bits per heavy atom. The zero-order chi connectivity index (χ0) is 10.3. The molecule has 1 nitrogen and oxygen atoms in total. The zero-order valence-corrected chi connectivity index (χ0v) is 8.89. The van der Waals surface area contributed by atoms with Crippen LogP contribution in [0.5, 0.6) is 0 Å². The fourth-order valence-corrected chi connectivity index (χ4v) is 1.13. The summed E-state index contributed by atoms with van der Waals surface area (Å²) in [6.45, 7) is 8.11. The van der Waals surface area contributed by atoms with Crippen molar-refractivity contribution in [3.63, 3.8) is 0 Å². The Morgan fingerprint density at radius 2 is 1.85 bits per heavy atom. The summed E-state index contributed by atoms with van der Waals surface area (Å²) in [5.41, 5.74) is 3.17. The summed E-state index contributed by atoms with van der Waals surface area (Å²) < 4.78 is 0. The summed E-state index contributed by atoms with van der Waals surface area (Å²) in [4.78, 5) is 0. The smallest absolute Gasteiger partial charge is 0.0991 e. The summed E-state index contributed by atoms with van der Waals surface area (Å²) in [5.74, 6) is 0. The molecule has 0 bridgehead atoms. The number of aryl methyl sites for hydroxylation is 2. The third-order valence-corrected chi connectivity index (χ3v) is 1.67. The van der Waals surface area contributed by atoms with Gasteiger partial charge in [0.25, 0.3) is 0 Å². The fraction of sp³-hybridized carbons (Fsp3) is 0.417. The summed E-state index contributed by atoms with van der Waals surface area (Å²) in [6.07, 6.45) is 0.996. The Hall–Kier alpha value is -1.29. The van der Waals surface area contributed by atoms with Crippen molar-refractivity contribution in [3.05, 3.63) is 34.9 Å².